The predicted molar refractivity (Wildman–Crippen MR) is 74.7 cm³/mol. The third kappa shape index (κ3) is 3.20. The maximum absolute atomic E-state index is 12.1. The lowest BCUT2D eigenvalue weighted by atomic mass is 10.1. The van der Waals surface area contributed by atoms with E-state index in [9.17, 15) is 4.79 Å². The van der Waals surface area contributed by atoms with Crippen molar-refractivity contribution in [2.75, 3.05) is 11.9 Å². The molecule has 0 fully saturated rings. The van der Waals surface area contributed by atoms with Crippen molar-refractivity contribution in [2.45, 2.75) is 6.42 Å². The molecule has 3 nitrogen and oxygen atoms in total. The van der Waals surface area contributed by atoms with Gasteiger partial charge in [-0.05, 0) is 29.8 Å². The highest BCUT2D eigenvalue weighted by atomic mass is 16.2. The molecule has 0 saturated carbocycles. The smallest absolute Gasteiger partial charge is 0.231 e. The number of nitriles is 1. The average Bonchev–Trinajstić information content (AvgIpc) is 2.48. The number of carbonyl (C=O) groups excluding carboxylic acids is 1. The fourth-order valence-corrected chi connectivity index (χ4v) is 1.79. The van der Waals surface area contributed by atoms with E-state index in [4.69, 9.17) is 5.26 Å². The minimum Gasteiger partial charge on any atom is -0.315 e. The number of hydrogen-bond donors (Lipinski definition) is 0. The molecule has 1 amide bonds. The van der Waals surface area contributed by atoms with Gasteiger partial charge in [0.1, 0.15) is 0 Å². The Morgan fingerprint density at radius 2 is 1.74 bits per heavy atom. The fourth-order valence-electron chi connectivity index (χ4n) is 1.79. The van der Waals surface area contributed by atoms with Gasteiger partial charge in [-0.3, -0.25) is 4.79 Å². The van der Waals surface area contributed by atoms with Crippen LogP contribution in [0.15, 0.2) is 54.6 Å². The van der Waals surface area contributed by atoms with Crippen molar-refractivity contribution in [2.24, 2.45) is 0 Å². The van der Waals surface area contributed by atoms with E-state index >= 15 is 0 Å². The monoisotopic (exact) mass is 250 g/mol. The molecule has 0 N–H and O–H groups in total. The minimum absolute atomic E-state index is 0.0240. The van der Waals surface area contributed by atoms with Crippen molar-refractivity contribution >= 4 is 11.6 Å². The second-order valence-corrected chi connectivity index (χ2v) is 4.27. The first kappa shape index (κ1) is 12.8. The minimum atomic E-state index is 0.0240. The molecule has 2 aromatic rings. The second kappa shape index (κ2) is 5.83. The predicted octanol–water partition coefficient (Wildman–Crippen LogP) is 2.76. The Hall–Kier alpha value is -2.60. The van der Waals surface area contributed by atoms with E-state index in [-0.39, 0.29) is 5.91 Å². The molecule has 0 atom stereocenters. The number of carbonyl (C=O) groups is 1. The Balaban J connectivity index is 2.06. The molecular formula is C16H14N2O. The molecule has 2 rings (SSSR count). The van der Waals surface area contributed by atoms with E-state index in [1.807, 2.05) is 42.5 Å². The van der Waals surface area contributed by atoms with Gasteiger partial charge in [0.25, 0.3) is 0 Å². The largest absolute Gasteiger partial charge is 0.315 e. The Bertz CT molecular complexity index is 597. The standard InChI is InChI=1S/C16H14N2O/c1-18(15-5-3-2-4-6-15)16(19)11-13-7-9-14(12-17)10-8-13/h2-10H,11H2,1H3. The summed E-state index contributed by atoms with van der Waals surface area (Å²) in [4.78, 5) is 13.8. The van der Waals surface area contributed by atoms with Crippen LogP contribution in [0.25, 0.3) is 0 Å². The van der Waals surface area contributed by atoms with Crippen LogP contribution in [0, 0.1) is 11.3 Å². The highest BCUT2D eigenvalue weighted by molar-refractivity contribution is 5.94. The van der Waals surface area contributed by atoms with Crippen molar-refractivity contribution < 1.29 is 4.79 Å². The first-order valence-electron chi connectivity index (χ1n) is 6.01. The molecule has 0 bridgehead atoms. The van der Waals surface area contributed by atoms with Crippen LogP contribution >= 0.6 is 0 Å². The SMILES string of the molecule is CN(C(=O)Cc1ccc(C#N)cc1)c1ccccc1. The number of hydrogen-bond acceptors (Lipinski definition) is 2. The zero-order valence-electron chi connectivity index (χ0n) is 10.7. The summed E-state index contributed by atoms with van der Waals surface area (Å²) in [6.07, 6.45) is 0.330. The Morgan fingerprint density at radius 1 is 1.11 bits per heavy atom. The van der Waals surface area contributed by atoms with Crippen molar-refractivity contribution in [1.29, 1.82) is 5.26 Å². The van der Waals surface area contributed by atoms with Crippen LogP contribution in [0.2, 0.25) is 0 Å². The number of rotatable bonds is 3. The van der Waals surface area contributed by atoms with Gasteiger partial charge in [0.05, 0.1) is 18.1 Å². The lowest BCUT2D eigenvalue weighted by molar-refractivity contribution is -0.117. The summed E-state index contributed by atoms with van der Waals surface area (Å²) >= 11 is 0. The van der Waals surface area contributed by atoms with Crippen molar-refractivity contribution in [3.63, 3.8) is 0 Å². The van der Waals surface area contributed by atoms with Crippen LogP contribution < -0.4 is 4.90 Å². The van der Waals surface area contributed by atoms with E-state index < -0.39 is 0 Å². The summed E-state index contributed by atoms with van der Waals surface area (Å²) < 4.78 is 0. The second-order valence-electron chi connectivity index (χ2n) is 4.27. The van der Waals surface area contributed by atoms with Crippen molar-refractivity contribution in [3.8, 4) is 6.07 Å². The van der Waals surface area contributed by atoms with E-state index in [0.29, 0.717) is 12.0 Å². The molecule has 0 aliphatic rings. The quantitative estimate of drug-likeness (QED) is 0.840. The molecular weight excluding hydrogens is 236 g/mol. The summed E-state index contributed by atoms with van der Waals surface area (Å²) in [6, 6.07) is 18.7. The Labute approximate surface area is 112 Å². The van der Waals surface area contributed by atoms with Crippen LogP contribution in [0.5, 0.6) is 0 Å². The van der Waals surface area contributed by atoms with Crippen LogP contribution in [-0.4, -0.2) is 13.0 Å². The number of para-hydroxylation sites is 1. The van der Waals surface area contributed by atoms with Crippen LogP contribution in [0.3, 0.4) is 0 Å². The lowest BCUT2D eigenvalue weighted by Gasteiger charge is -2.17. The first-order chi connectivity index (χ1) is 9.20. The maximum Gasteiger partial charge on any atom is 0.231 e. The Kier molecular flexibility index (Phi) is 3.94. The van der Waals surface area contributed by atoms with Crippen LogP contribution in [0.4, 0.5) is 5.69 Å². The summed E-state index contributed by atoms with van der Waals surface area (Å²) in [5.41, 5.74) is 2.39. The van der Waals surface area contributed by atoms with Gasteiger partial charge in [-0.25, -0.2) is 0 Å². The Morgan fingerprint density at radius 3 is 2.32 bits per heavy atom. The molecule has 0 aliphatic carbocycles. The van der Waals surface area contributed by atoms with E-state index in [1.165, 1.54) is 0 Å². The number of nitrogens with zero attached hydrogens (tertiary/aromatic N) is 2. The number of likely N-dealkylation sites (N-methyl/N-ethyl adjacent to an activating group) is 1. The molecule has 3 heteroatoms. The van der Waals surface area contributed by atoms with Crippen LogP contribution in [-0.2, 0) is 11.2 Å². The molecule has 0 saturated heterocycles. The highest BCUT2D eigenvalue weighted by Crippen LogP contribution is 2.13. The highest BCUT2D eigenvalue weighted by Gasteiger charge is 2.11. The summed E-state index contributed by atoms with van der Waals surface area (Å²) in [7, 11) is 1.77. The molecule has 0 heterocycles. The third-order valence-corrected chi connectivity index (χ3v) is 2.96. The van der Waals surface area contributed by atoms with Gasteiger partial charge in [-0.2, -0.15) is 5.26 Å². The van der Waals surface area contributed by atoms with E-state index in [1.54, 1.807) is 24.1 Å². The molecule has 0 aromatic heterocycles. The van der Waals surface area contributed by atoms with Crippen molar-refractivity contribution in [3.05, 3.63) is 65.7 Å². The maximum atomic E-state index is 12.1. The van der Waals surface area contributed by atoms with Gasteiger partial charge in [-0.1, -0.05) is 30.3 Å². The lowest BCUT2D eigenvalue weighted by Crippen LogP contribution is -2.27. The normalized spacial score (nSPS) is 9.68. The fraction of sp³-hybridized carbons (Fsp3) is 0.125. The van der Waals surface area contributed by atoms with Gasteiger partial charge in [0.15, 0.2) is 0 Å². The average molecular weight is 250 g/mol. The first-order valence-corrected chi connectivity index (χ1v) is 6.01. The number of anilines is 1. The van der Waals surface area contributed by atoms with Gasteiger partial charge in [-0.15, -0.1) is 0 Å². The van der Waals surface area contributed by atoms with Gasteiger partial charge >= 0.3 is 0 Å². The zero-order valence-corrected chi connectivity index (χ0v) is 10.7. The summed E-state index contributed by atoms with van der Waals surface area (Å²) in [5, 5.41) is 8.72. The summed E-state index contributed by atoms with van der Waals surface area (Å²) in [5.74, 6) is 0.0240. The zero-order chi connectivity index (χ0) is 13.7. The molecule has 2 aromatic carbocycles. The molecule has 0 radical (unpaired) electrons. The molecule has 19 heavy (non-hydrogen) atoms. The number of benzene rings is 2. The van der Waals surface area contributed by atoms with E-state index in [2.05, 4.69) is 6.07 Å². The van der Waals surface area contributed by atoms with Gasteiger partial charge in [0.2, 0.25) is 5.91 Å². The third-order valence-electron chi connectivity index (χ3n) is 2.96. The van der Waals surface area contributed by atoms with Gasteiger partial charge < -0.3 is 4.90 Å². The van der Waals surface area contributed by atoms with Crippen LogP contribution in [0.1, 0.15) is 11.1 Å². The molecule has 0 spiro atoms. The van der Waals surface area contributed by atoms with Gasteiger partial charge in [0, 0.05) is 12.7 Å². The molecule has 0 unspecified atom stereocenters. The summed E-state index contributed by atoms with van der Waals surface area (Å²) in [6.45, 7) is 0. The van der Waals surface area contributed by atoms with E-state index in [0.717, 1.165) is 11.3 Å². The molecule has 94 valence electrons. The number of amides is 1. The topological polar surface area (TPSA) is 44.1 Å². The van der Waals surface area contributed by atoms with Crippen molar-refractivity contribution in [1.82, 2.24) is 0 Å². The molecule has 0 aliphatic heterocycles.